The number of sulfonamides is 1. The molecule has 3 rings (SSSR count). The first kappa shape index (κ1) is 18.9. The fourth-order valence-corrected chi connectivity index (χ4v) is 3.78. The van der Waals surface area contributed by atoms with E-state index >= 15 is 0 Å². The highest BCUT2D eigenvalue weighted by Gasteiger charge is 2.18. The lowest BCUT2D eigenvalue weighted by Gasteiger charge is -2.17. The molecule has 0 atom stereocenters. The Morgan fingerprint density at radius 1 is 1.07 bits per heavy atom. The minimum Gasteiger partial charge on any atom is -0.484 e. The topological polar surface area (TPSA) is 108 Å². The zero-order valence-electron chi connectivity index (χ0n) is 14.6. The Hall–Kier alpha value is -2.89. The molecule has 0 spiro atoms. The van der Waals surface area contributed by atoms with Crippen molar-refractivity contribution in [3.63, 3.8) is 0 Å². The number of rotatable bonds is 6. The van der Waals surface area contributed by atoms with Gasteiger partial charge >= 0.3 is 0 Å². The Balaban J connectivity index is 1.55. The van der Waals surface area contributed by atoms with Gasteiger partial charge < -0.3 is 4.74 Å². The molecule has 0 radical (unpaired) electrons. The number of carbonyl (C=O) groups excluding carboxylic acids is 1. The fourth-order valence-electron chi connectivity index (χ4n) is 2.87. The summed E-state index contributed by atoms with van der Waals surface area (Å²) in [6.45, 7) is -0.362. The standard InChI is InChI=1S/C19H19N3O4S/c20-12-14-5-8-17(9-6-14)26-13-19(23)21-22-27(24,25)18-10-7-15-3-1-2-4-16(15)11-18/h5-11,22H,1-4,13H2,(H,21,23). The van der Waals surface area contributed by atoms with Gasteiger partial charge in [0.1, 0.15) is 5.75 Å². The van der Waals surface area contributed by atoms with E-state index in [1.807, 2.05) is 12.1 Å². The van der Waals surface area contributed by atoms with Crippen LogP contribution in [0.3, 0.4) is 0 Å². The van der Waals surface area contributed by atoms with Crippen LogP contribution in [0.25, 0.3) is 0 Å². The molecule has 2 N–H and O–H groups in total. The van der Waals surface area contributed by atoms with E-state index in [1.165, 1.54) is 5.56 Å². The zero-order valence-corrected chi connectivity index (χ0v) is 15.4. The molecule has 2 aromatic carbocycles. The van der Waals surface area contributed by atoms with E-state index in [2.05, 4.69) is 10.3 Å². The predicted molar refractivity (Wildman–Crippen MR) is 98.2 cm³/mol. The Kier molecular flexibility index (Phi) is 5.74. The number of carbonyl (C=O) groups is 1. The van der Waals surface area contributed by atoms with Crippen LogP contribution in [0.15, 0.2) is 47.4 Å². The average Bonchev–Trinajstić information content (AvgIpc) is 2.70. The number of fused-ring (bicyclic) bond motifs is 1. The quantitative estimate of drug-likeness (QED) is 0.738. The number of amides is 1. The number of nitriles is 1. The second-order valence-electron chi connectivity index (χ2n) is 6.22. The number of hydrazine groups is 1. The highest BCUT2D eigenvalue weighted by molar-refractivity contribution is 7.89. The normalized spacial score (nSPS) is 13.3. The van der Waals surface area contributed by atoms with Gasteiger partial charge in [0.25, 0.3) is 15.9 Å². The van der Waals surface area contributed by atoms with E-state index in [0.717, 1.165) is 31.2 Å². The second kappa shape index (κ2) is 8.20. The predicted octanol–water partition coefficient (Wildman–Crippen LogP) is 1.83. The van der Waals surface area contributed by atoms with Crippen molar-refractivity contribution in [1.82, 2.24) is 10.3 Å². The van der Waals surface area contributed by atoms with Crippen LogP contribution >= 0.6 is 0 Å². The molecule has 7 nitrogen and oxygen atoms in total. The van der Waals surface area contributed by atoms with Gasteiger partial charge in [-0.15, -0.1) is 4.83 Å². The minimum absolute atomic E-state index is 0.122. The van der Waals surface area contributed by atoms with Crippen LogP contribution in [0.5, 0.6) is 5.75 Å². The molecule has 1 aliphatic rings. The van der Waals surface area contributed by atoms with Gasteiger partial charge in [-0.25, -0.2) is 8.42 Å². The van der Waals surface area contributed by atoms with E-state index in [-0.39, 0.29) is 11.5 Å². The Bertz CT molecular complexity index is 979. The van der Waals surface area contributed by atoms with Gasteiger partial charge in [0.2, 0.25) is 0 Å². The molecule has 0 heterocycles. The molecular formula is C19H19N3O4S. The van der Waals surface area contributed by atoms with Gasteiger partial charge in [-0.2, -0.15) is 5.26 Å². The Morgan fingerprint density at radius 3 is 2.48 bits per heavy atom. The first-order chi connectivity index (χ1) is 13.0. The molecular weight excluding hydrogens is 366 g/mol. The number of nitrogens with one attached hydrogen (secondary N) is 2. The maximum absolute atomic E-state index is 12.4. The van der Waals surface area contributed by atoms with Crippen LogP contribution in [-0.2, 0) is 27.7 Å². The number of benzene rings is 2. The molecule has 8 heteroatoms. The lowest BCUT2D eigenvalue weighted by atomic mass is 9.92. The molecule has 2 aromatic rings. The van der Waals surface area contributed by atoms with Crippen LogP contribution in [0.2, 0.25) is 0 Å². The van der Waals surface area contributed by atoms with Gasteiger partial charge in [-0.3, -0.25) is 10.2 Å². The molecule has 1 amide bonds. The van der Waals surface area contributed by atoms with Crippen LogP contribution in [0, 0.1) is 11.3 Å². The van der Waals surface area contributed by atoms with Crippen molar-refractivity contribution in [3.8, 4) is 11.8 Å². The van der Waals surface area contributed by atoms with Crippen molar-refractivity contribution >= 4 is 15.9 Å². The first-order valence-corrected chi connectivity index (χ1v) is 10.0. The lowest BCUT2D eigenvalue weighted by Crippen LogP contribution is -2.43. The Labute approximate surface area is 158 Å². The van der Waals surface area contributed by atoms with Crippen LogP contribution < -0.4 is 15.0 Å². The average molecular weight is 385 g/mol. The molecule has 0 fully saturated rings. The monoisotopic (exact) mass is 385 g/mol. The summed E-state index contributed by atoms with van der Waals surface area (Å²) >= 11 is 0. The smallest absolute Gasteiger partial charge is 0.272 e. The van der Waals surface area contributed by atoms with E-state index in [4.69, 9.17) is 10.00 Å². The van der Waals surface area contributed by atoms with E-state index in [0.29, 0.717) is 11.3 Å². The Morgan fingerprint density at radius 2 is 1.78 bits per heavy atom. The highest BCUT2D eigenvalue weighted by Crippen LogP contribution is 2.23. The van der Waals surface area contributed by atoms with Crippen molar-refractivity contribution in [1.29, 1.82) is 5.26 Å². The van der Waals surface area contributed by atoms with Crippen LogP contribution in [0.1, 0.15) is 29.5 Å². The lowest BCUT2D eigenvalue weighted by molar-refractivity contribution is -0.123. The molecule has 0 aliphatic heterocycles. The van der Waals surface area contributed by atoms with Crippen LogP contribution in [-0.4, -0.2) is 20.9 Å². The van der Waals surface area contributed by atoms with Gasteiger partial charge in [0.05, 0.1) is 16.5 Å². The second-order valence-corrected chi connectivity index (χ2v) is 7.90. The van der Waals surface area contributed by atoms with E-state index in [1.54, 1.807) is 36.4 Å². The summed E-state index contributed by atoms with van der Waals surface area (Å²) in [6, 6.07) is 13.3. The molecule has 27 heavy (non-hydrogen) atoms. The SMILES string of the molecule is N#Cc1ccc(OCC(=O)NNS(=O)(=O)c2ccc3c(c2)CCCC3)cc1. The van der Waals surface area contributed by atoms with Crippen molar-refractivity contribution in [2.24, 2.45) is 0 Å². The molecule has 0 unspecified atom stereocenters. The number of ether oxygens (including phenoxy) is 1. The third-order valence-corrected chi connectivity index (χ3v) is 5.55. The zero-order chi connectivity index (χ0) is 19.3. The number of aryl methyl sites for hydroxylation is 2. The van der Waals surface area contributed by atoms with Gasteiger partial charge in [0.15, 0.2) is 6.61 Å². The number of hydrogen-bond acceptors (Lipinski definition) is 5. The molecule has 0 bridgehead atoms. The van der Waals surface area contributed by atoms with Gasteiger partial charge in [-0.1, -0.05) is 6.07 Å². The molecule has 0 aromatic heterocycles. The van der Waals surface area contributed by atoms with E-state index < -0.39 is 15.9 Å². The summed E-state index contributed by atoms with van der Waals surface area (Å²) in [4.78, 5) is 14.0. The summed E-state index contributed by atoms with van der Waals surface area (Å²) in [5, 5.41) is 8.73. The van der Waals surface area contributed by atoms with Crippen molar-refractivity contribution in [2.45, 2.75) is 30.6 Å². The third kappa shape index (κ3) is 4.84. The van der Waals surface area contributed by atoms with Crippen molar-refractivity contribution in [2.75, 3.05) is 6.61 Å². The molecule has 140 valence electrons. The minimum atomic E-state index is -3.85. The highest BCUT2D eigenvalue weighted by atomic mass is 32.2. The maximum Gasteiger partial charge on any atom is 0.272 e. The fraction of sp³-hybridized carbons (Fsp3) is 0.263. The van der Waals surface area contributed by atoms with E-state index in [9.17, 15) is 13.2 Å². The summed E-state index contributed by atoms with van der Waals surface area (Å²) in [7, 11) is -3.85. The number of nitrogens with zero attached hydrogens (tertiary/aromatic N) is 1. The summed E-state index contributed by atoms with van der Waals surface area (Å²) in [5.74, 6) is -0.234. The van der Waals surface area contributed by atoms with Gasteiger partial charge in [-0.05, 0) is 73.2 Å². The molecule has 0 saturated carbocycles. The first-order valence-electron chi connectivity index (χ1n) is 8.53. The van der Waals surface area contributed by atoms with Gasteiger partial charge in [0, 0.05) is 0 Å². The molecule has 1 aliphatic carbocycles. The maximum atomic E-state index is 12.4. The summed E-state index contributed by atoms with van der Waals surface area (Å²) < 4.78 is 30.0. The largest absolute Gasteiger partial charge is 0.484 e. The molecule has 0 saturated heterocycles. The van der Waals surface area contributed by atoms with Crippen molar-refractivity contribution in [3.05, 3.63) is 59.2 Å². The number of hydrogen-bond donors (Lipinski definition) is 2. The third-order valence-electron chi connectivity index (χ3n) is 4.31. The summed E-state index contributed by atoms with van der Waals surface area (Å²) in [6.07, 6.45) is 4.00. The van der Waals surface area contributed by atoms with Crippen LogP contribution in [0.4, 0.5) is 0 Å². The summed E-state index contributed by atoms with van der Waals surface area (Å²) in [5.41, 5.74) is 4.84. The van der Waals surface area contributed by atoms with Crippen molar-refractivity contribution < 1.29 is 17.9 Å².